The standard InChI is InChI=1S/C98H71BN4O2/c1-97(2,3)63-46-52-85-77(56-63)78-57-64(98(4,5)6)47-53-86(78)100(85)65-48-50-79-88(58-65)103(95-67(60-26-9-7-10-27-60)35-23-36-68(95)61-28-11-8-12-29-61)89-54-62(55-92-94(89)99(79)80-51-49-66(59-91(80)104-92)101-81-40-18-13-30-69(81)70-31-14-19-41-82(70)101)93-74(76-39-24-38-75-73-34-17-22-45-90(73)105-96(75)76)37-25-44-87(93)102-83-42-20-15-32-71(83)72-33-16-21-43-84(72)102/h7-59H,1-6H3. The van der Waals surface area contributed by atoms with E-state index in [4.69, 9.17) is 9.15 Å². The van der Waals surface area contributed by atoms with Crippen molar-refractivity contribution in [3.8, 4) is 73.1 Å². The third-order valence-electron chi connectivity index (χ3n) is 22.6. The molecule has 0 N–H and O–H groups in total. The maximum atomic E-state index is 7.98. The molecule has 15 aromatic carbocycles. The molecular weight excluding hydrogens is 1280 g/mol. The fourth-order valence-corrected chi connectivity index (χ4v) is 17.7. The van der Waals surface area contributed by atoms with E-state index in [0.29, 0.717) is 0 Å². The molecule has 0 amide bonds. The molecule has 498 valence electrons. The summed E-state index contributed by atoms with van der Waals surface area (Å²) in [5.74, 6) is 1.59. The first-order valence-electron chi connectivity index (χ1n) is 36.7. The van der Waals surface area contributed by atoms with E-state index in [0.717, 1.165) is 156 Å². The Hall–Kier alpha value is -12.8. The van der Waals surface area contributed by atoms with Crippen LogP contribution in [0.2, 0.25) is 0 Å². The van der Waals surface area contributed by atoms with Crippen LogP contribution in [0.4, 0.5) is 17.1 Å². The van der Waals surface area contributed by atoms with Crippen molar-refractivity contribution in [3.05, 3.63) is 333 Å². The van der Waals surface area contributed by atoms with Crippen LogP contribution in [-0.4, -0.2) is 20.4 Å². The van der Waals surface area contributed by atoms with E-state index < -0.39 is 0 Å². The van der Waals surface area contributed by atoms with Crippen LogP contribution < -0.4 is 26.0 Å². The predicted octanol–water partition coefficient (Wildman–Crippen LogP) is 24.5. The van der Waals surface area contributed by atoms with Crippen LogP contribution in [0.25, 0.3) is 149 Å². The van der Waals surface area contributed by atoms with Crippen LogP contribution in [0, 0.1) is 0 Å². The zero-order chi connectivity index (χ0) is 70.1. The molecule has 0 atom stereocenters. The summed E-state index contributed by atoms with van der Waals surface area (Å²) >= 11 is 0. The monoisotopic (exact) mass is 1350 g/mol. The molecule has 0 fully saturated rings. The molecule has 7 heteroatoms. The summed E-state index contributed by atoms with van der Waals surface area (Å²) in [4.78, 5) is 2.63. The summed E-state index contributed by atoms with van der Waals surface area (Å²) < 4.78 is 22.5. The van der Waals surface area contributed by atoms with Crippen LogP contribution in [0.15, 0.2) is 326 Å². The third-order valence-corrected chi connectivity index (χ3v) is 22.6. The van der Waals surface area contributed by atoms with E-state index >= 15 is 0 Å². The zero-order valence-corrected chi connectivity index (χ0v) is 59.3. The number of rotatable bonds is 8. The minimum atomic E-state index is -0.289. The van der Waals surface area contributed by atoms with Crippen molar-refractivity contribution in [1.82, 2.24) is 13.7 Å². The molecule has 6 nitrogen and oxygen atoms in total. The van der Waals surface area contributed by atoms with E-state index in [2.05, 4.69) is 382 Å². The molecule has 105 heavy (non-hydrogen) atoms. The lowest BCUT2D eigenvalue weighted by atomic mass is 9.34. The van der Waals surface area contributed by atoms with Gasteiger partial charge in [-0.15, -0.1) is 0 Å². The predicted molar refractivity (Wildman–Crippen MR) is 442 cm³/mol. The van der Waals surface area contributed by atoms with Gasteiger partial charge < -0.3 is 27.8 Å². The zero-order valence-electron chi connectivity index (χ0n) is 59.3. The number of hydrogen-bond acceptors (Lipinski definition) is 3. The Kier molecular flexibility index (Phi) is 13.2. The van der Waals surface area contributed by atoms with E-state index in [1.807, 2.05) is 0 Å². The Labute approximate surface area is 609 Å². The quantitative estimate of drug-likeness (QED) is 0.142. The average molecular weight is 1350 g/mol. The topological polar surface area (TPSA) is 40.4 Å². The summed E-state index contributed by atoms with van der Waals surface area (Å²) in [7, 11) is 0. The summed E-state index contributed by atoms with van der Waals surface area (Å²) in [5, 5.41) is 9.41. The first-order chi connectivity index (χ1) is 51.4. The normalized spacial score (nSPS) is 12.9. The second-order valence-corrected chi connectivity index (χ2v) is 30.7. The van der Waals surface area contributed by atoms with Crippen molar-refractivity contribution in [2.45, 2.75) is 52.4 Å². The highest BCUT2D eigenvalue weighted by molar-refractivity contribution is 6.99. The molecule has 0 unspecified atom stereocenters. The van der Waals surface area contributed by atoms with Gasteiger partial charge in [0.15, 0.2) is 0 Å². The maximum Gasteiger partial charge on any atom is 0.256 e. The first kappa shape index (κ1) is 60.9. The fourth-order valence-electron chi connectivity index (χ4n) is 17.7. The molecule has 4 aromatic heterocycles. The Morgan fingerprint density at radius 3 is 1.34 bits per heavy atom. The molecule has 19 aromatic rings. The van der Waals surface area contributed by atoms with Gasteiger partial charge in [0.2, 0.25) is 0 Å². The van der Waals surface area contributed by atoms with Gasteiger partial charge in [0, 0.05) is 94.2 Å². The molecule has 2 aliphatic rings. The lowest BCUT2D eigenvalue weighted by molar-refractivity contribution is 0.487. The number of aromatic nitrogens is 3. The highest BCUT2D eigenvalue weighted by atomic mass is 16.5. The highest BCUT2D eigenvalue weighted by Crippen LogP contribution is 2.53. The molecule has 0 aliphatic carbocycles. The number of nitrogens with zero attached hydrogens (tertiary/aromatic N) is 4. The van der Waals surface area contributed by atoms with Gasteiger partial charge in [-0.3, -0.25) is 0 Å². The fraction of sp³-hybridized carbons (Fsp3) is 0.0816. The average Bonchev–Trinajstić information content (AvgIpc) is 1.27. The van der Waals surface area contributed by atoms with Gasteiger partial charge in [-0.25, -0.2) is 0 Å². The molecule has 0 saturated heterocycles. The number of para-hydroxylation sites is 7. The minimum Gasteiger partial charge on any atom is -0.458 e. The van der Waals surface area contributed by atoms with Crippen molar-refractivity contribution in [1.29, 1.82) is 0 Å². The van der Waals surface area contributed by atoms with Crippen molar-refractivity contribution in [2.75, 3.05) is 4.90 Å². The largest absolute Gasteiger partial charge is 0.458 e. The number of fused-ring (bicyclic) bond motifs is 16. The van der Waals surface area contributed by atoms with Gasteiger partial charge in [0.05, 0.1) is 44.5 Å². The van der Waals surface area contributed by atoms with E-state index in [9.17, 15) is 0 Å². The maximum absolute atomic E-state index is 7.98. The molecule has 0 spiro atoms. The lowest BCUT2D eigenvalue weighted by Gasteiger charge is -2.42. The summed E-state index contributed by atoms with van der Waals surface area (Å²) in [6, 6.07) is 120. The van der Waals surface area contributed by atoms with Gasteiger partial charge in [-0.05, 0) is 152 Å². The van der Waals surface area contributed by atoms with Gasteiger partial charge in [0.25, 0.3) is 6.71 Å². The van der Waals surface area contributed by atoms with Crippen molar-refractivity contribution < 1.29 is 9.15 Å². The van der Waals surface area contributed by atoms with E-state index in [1.165, 1.54) is 48.9 Å². The van der Waals surface area contributed by atoms with Crippen LogP contribution in [0.5, 0.6) is 11.5 Å². The number of ether oxygens (including phenoxy) is 1. The number of furan rings is 1. The smallest absolute Gasteiger partial charge is 0.256 e. The van der Waals surface area contributed by atoms with Gasteiger partial charge >= 0.3 is 0 Å². The number of anilines is 3. The molecule has 0 bridgehead atoms. The number of benzene rings is 15. The second kappa shape index (κ2) is 22.8. The Bertz CT molecular complexity index is 6620. The Morgan fingerprint density at radius 2 is 0.762 bits per heavy atom. The SMILES string of the molecule is CC(C)(C)c1ccc2c(c1)c1cc(C(C)(C)C)ccc1n2-c1ccc2c(c1)N(c1c(-c3ccccc3)cccc1-c1ccccc1)c1cc(-c3c(-c4cccc5c4oc4ccccc45)cccc3-n3c4ccccc4c4ccccc43)cc3c1B2c1ccc(-n2c4ccccc4c4ccccc42)cc1O3. The molecular formula is C98H71BN4O2. The lowest BCUT2D eigenvalue weighted by Crippen LogP contribution is -2.59. The van der Waals surface area contributed by atoms with Crippen LogP contribution in [-0.2, 0) is 10.8 Å². The van der Waals surface area contributed by atoms with E-state index in [1.54, 1.807) is 0 Å². The Balaban J connectivity index is 0.916. The summed E-state index contributed by atoms with van der Waals surface area (Å²) in [6.07, 6.45) is 0. The molecule has 6 heterocycles. The summed E-state index contributed by atoms with van der Waals surface area (Å²) in [5.41, 5.74) is 29.1. The third kappa shape index (κ3) is 9.23. The van der Waals surface area contributed by atoms with Crippen molar-refractivity contribution >= 4 is 128 Å². The van der Waals surface area contributed by atoms with Crippen LogP contribution in [0.1, 0.15) is 52.7 Å². The summed E-state index contributed by atoms with van der Waals surface area (Å²) in [6.45, 7) is 13.6. The molecule has 0 radical (unpaired) electrons. The highest BCUT2D eigenvalue weighted by Gasteiger charge is 2.44. The molecule has 2 aliphatic heterocycles. The van der Waals surface area contributed by atoms with Crippen LogP contribution >= 0.6 is 0 Å². The Morgan fingerprint density at radius 1 is 0.295 bits per heavy atom. The van der Waals surface area contributed by atoms with Gasteiger partial charge in [-0.2, -0.15) is 0 Å². The molecule has 0 saturated carbocycles. The van der Waals surface area contributed by atoms with Gasteiger partial charge in [0.1, 0.15) is 22.7 Å². The van der Waals surface area contributed by atoms with Crippen molar-refractivity contribution in [3.63, 3.8) is 0 Å². The van der Waals surface area contributed by atoms with Crippen molar-refractivity contribution in [2.24, 2.45) is 0 Å². The molecule has 21 rings (SSSR count). The van der Waals surface area contributed by atoms with E-state index in [-0.39, 0.29) is 17.5 Å². The first-order valence-corrected chi connectivity index (χ1v) is 36.7. The number of hydrogen-bond donors (Lipinski definition) is 0. The van der Waals surface area contributed by atoms with Crippen LogP contribution in [0.3, 0.4) is 0 Å². The van der Waals surface area contributed by atoms with Gasteiger partial charge in [-0.1, -0.05) is 266 Å². The minimum absolute atomic E-state index is 0.0695. The second-order valence-electron chi connectivity index (χ2n) is 30.7.